The van der Waals surface area contributed by atoms with Crippen molar-refractivity contribution in [2.24, 2.45) is 5.84 Å². The molecule has 9 heteroatoms. The molecule has 0 saturated heterocycles. The topological polar surface area (TPSA) is 122 Å². The van der Waals surface area contributed by atoms with Gasteiger partial charge in [-0.1, -0.05) is 0 Å². The molecule has 0 atom stereocenters. The van der Waals surface area contributed by atoms with E-state index in [4.69, 9.17) is 5.84 Å². The maximum absolute atomic E-state index is 10.2. The Balaban J connectivity index is 2.19. The smallest absolute Gasteiger partial charge is 0.275 e. The minimum atomic E-state index is -0.566. The van der Waals surface area contributed by atoms with Gasteiger partial charge in [0.15, 0.2) is 5.82 Å². The van der Waals surface area contributed by atoms with E-state index in [0.717, 1.165) is 29.1 Å². The number of hydrazine groups is 1. The second kappa shape index (κ2) is 7.56. The van der Waals surface area contributed by atoms with Crippen molar-refractivity contribution in [2.75, 3.05) is 12.3 Å². The summed E-state index contributed by atoms with van der Waals surface area (Å²) in [6.07, 6.45) is 2.46. The normalized spacial score (nSPS) is 11.3. The van der Waals surface area contributed by atoms with Crippen molar-refractivity contribution < 1.29 is 4.92 Å². The van der Waals surface area contributed by atoms with Gasteiger partial charge in [0.2, 0.25) is 0 Å². The van der Waals surface area contributed by atoms with Crippen LogP contribution in [0.2, 0.25) is 0 Å². The maximum atomic E-state index is 10.2. The Morgan fingerprint density at radius 3 is 3.11 bits per heavy atom. The molecule has 0 amide bonds. The van der Waals surface area contributed by atoms with Gasteiger partial charge in [-0.25, -0.2) is 10.8 Å². The Hall–Kier alpha value is -1.74. The highest BCUT2D eigenvalue weighted by Crippen LogP contribution is 2.11. The molecule has 0 spiro atoms. The van der Waals surface area contributed by atoms with E-state index in [1.54, 1.807) is 18.1 Å². The van der Waals surface area contributed by atoms with E-state index in [1.165, 1.54) is 0 Å². The molecule has 5 N–H and O–H groups in total. The van der Waals surface area contributed by atoms with Gasteiger partial charge in [-0.3, -0.25) is 10.1 Å². The highest BCUT2D eigenvalue weighted by atomic mass is 32.2. The van der Waals surface area contributed by atoms with E-state index in [-0.39, 0.29) is 5.82 Å². The van der Waals surface area contributed by atoms with E-state index >= 15 is 0 Å². The van der Waals surface area contributed by atoms with Gasteiger partial charge in [0.05, 0.1) is 16.9 Å². The first-order valence-electron chi connectivity index (χ1n) is 5.26. The van der Waals surface area contributed by atoms with Crippen LogP contribution in [-0.2, 0) is 5.75 Å². The van der Waals surface area contributed by atoms with Crippen molar-refractivity contribution in [1.82, 2.24) is 20.7 Å². The number of aromatic nitrogens is 2. The van der Waals surface area contributed by atoms with Gasteiger partial charge in [0.1, 0.15) is 0 Å². The Morgan fingerprint density at radius 1 is 1.78 bits per heavy atom. The molecule has 0 radical (unpaired) electrons. The molecule has 0 aliphatic carbocycles. The number of aryl methyl sites for hydroxylation is 1. The highest BCUT2D eigenvalue weighted by Gasteiger charge is 2.02. The summed E-state index contributed by atoms with van der Waals surface area (Å²) in [6, 6.07) is 0. The molecule has 1 heterocycles. The lowest BCUT2D eigenvalue weighted by molar-refractivity contribution is -0.404. The van der Waals surface area contributed by atoms with Crippen LogP contribution in [0.15, 0.2) is 18.3 Å². The molecule has 0 aromatic carbocycles. The molecule has 0 bridgehead atoms. The van der Waals surface area contributed by atoms with Crippen molar-refractivity contribution in [3.05, 3.63) is 39.9 Å². The van der Waals surface area contributed by atoms with Crippen LogP contribution in [0.3, 0.4) is 0 Å². The number of hydrogen-bond donors (Lipinski definition) is 4. The summed E-state index contributed by atoms with van der Waals surface area (Å²) in [4.78, 5) is 16.8. The third kappa shape index (κ3) is 5.06. The highest BCUT2D eigenvalue weighted by molar-refractivity contribution is 7.98. The summed E-state index contributed by atoms with van der Waals surface area (Å²) in [5.74, 6) is 6.95. The van der Waals surface area contributed by atoms with Gasteiger partial charge in [-0.2, -0.15) is 11.8 Å². The molecular weight excluding hydrogens is 256 g/mol. The number of aromatic amines is 1. The first kappa shape index (κ1) is 14.3. The number of rotatable bonds is 8. The molecule has 8 nitrogen and oxygen atoms in total. The molecule has 0 unspecified atom stereocenters. The minimum Gasteiger partial charge on any atom is -0.365 e. The van der Waals surface area contributed by atoms with E-state index in [2.05, 4.69) is 20.7 Å². The first-order chi connectivity index (χ1) is 8.63. The van der Waals surface area contributed by atoms with Crippen LogP contribution in [-0.4, -0.2) is 27.2 Å². The molecule has 0 aliphatic rings. The number of nitro groups is 1. The van der Waals surface area contributed by atoms with Gasteiger partial charge in [0, 0.05) is 23.7 Å². The zero-order valence-electron chi connectivity index (χ0n) is 9.97. The Bertz CT molecular complexity index is 419. The minimum absolute atomic E-state index is 0.193. The summed E-state index contributed by atoms with van der Waals surface area (Å²) >= 11 is 1.70. The number of H-pyrrole nitrogens is 1. The molecular formula is C9H16N6O2S. The van der Waals surface area contributed by atoms with Crippen molar-refractivity contribution in [3.8, 4) is 0 Å². The maximum Gasteiger partial charge on any atom is 0.275 e. The SMILES string of the molecule is Cc1nc[nH]c1CSCCNC(=C[N+](=O)[O-])NN. The third-order valence-corrected chi connectivity index (χ3v) is 3.12. The quantitative estimate of drug-likeness (QED) is 0.229. The fourth-order valence-electron chi connectivity index (χ4n) is 1.21. The predicted molar refractivity (Wildman–Crippen MR) is 69.9 cm³/mol. The zero-order valence-corrected chi connectivity index (χ0v) is 10.8. The molecule has 0 saturated carbocycles. The first-order valence-corrected chi connectivity index (χ1v) is 6.41. The third-order valence-electron chi connectivity index (χ3n) is 2.13. The zero-order chi connectivity index (χ0) is 13.4. The average molecular weight is 272 g/mol. The van der Waals surface area contributed by atoms with Gasteiger partial charge in [-0.15, -0.1) is 0 Å². The molecule has 0 fully saturated rings. The second-order valence-corrected chi connectivity index (χ2v) is 4.52. The van der Waals surface area contributed by atoms with Gasteiger partial charge in [-0.05, 0) is 6.92 Å². The Labute approximate surface area is 109 Å². The van der Waals surface area contributed by atoms with E-state index in [9.17, 15) is 10.1 Å². The van der Waals surface area contributed by atoms with Crippen LogP contribution in [0.4, 0.5) is 0 Å². The van der Waals surface area contributed by atoms with Gasteiger partial charge in [0.25, 0.3) is 6.20 Å². The van der Waals surface area contributed by atoms with Gasteiger partial charge < -0.3 is 15.7 Å². The van der Waals surface area contributed by atoms with Crippen LogP contribution >= 0.6 is 11.8 Å². The Morgan fingerprint density at radius 2 is 2.56 bits per heavy atom. The monoisotopic (exact) mass is 272 g/mol. The molecule has 100 valence electrons. The van der Waals surface area contributed by atoms with Crippen LogP contribution < -0.4 is 16.6 Å². The van der Waals surface area contributed by atoms with Crippen LogP contribution in [0.25, 0.3) is 0 Å². The molecule has 1 aromatic heterocycles. The predicted octanol–water partition coefficient (Wildman–Crippen LogP) is 0.0798. The lowest BCUT2D eigenvalue weighted by Gasteiger charge is -2.07. The van der Waals surface area contributed by atoms with Crippen molar-refractivity contribution in [3.63, 3.8) is 0 Å². The Kier molecular flexibility index (Phi) is 6.01. The second-order valence-electron chi connectivity index (χ2n) is 3.42. The summed E-state index contributed by atoms with van der Waals surface area (Å²) in [7, 11) is 0. The van der Waals surface area contributed by atoms with E-state index in [0.29, 0.717) is 6.54 Å². The number of imidazole rings is 1. The van der Waals surface area contributed by atoms with Crippen molar-refractivity contribution in [2.45, 2.75) is 12.7 Å². The average Bonchev–Trinajstić information content (AvgIpc) is 2.72. The summed E-state index contributed by atoms with van der Waals surface area (Å²) in [5, 5.41) is 13.1. The molecule has 18 heavy (non-hydrogen) atoms. The molecule has 1 rings (SSSR count). The number of nitrogens with one attached hydrogen (secondary N) is 3. The number of hydrogen-bond acceptors (Lipinski definition) is 7. The number of nitrogens with two attached hydrogens (primary N) is 1. The molecule has 1 aromatic rings. The van der Waals surface area contributed by atoms with E-state index < -0.39 is 4.92 Å². The fourth-order valence-corrected chi connectivity index (χ4v) is 2.09. The number of nitrogens with zero attached hydrogens (tertiary/aromatic N) is 2. The summed E-state index contributed by atoms with van der Waals surface area (Å²) in [6.45, 7) is 2.53. The van der Waals surface area contributed by atoms with Crippen LogP contribution in [0.1, 0.15) is 11.4 Å². The van der Waals surface area contributed by atoms with Crippen LogP contribution in [0.5, 0.6) is 0 Å². The number of thioether (sulfide) groups is 1. The van der Waals surface area contributed by atoms with E-state index in [1.807, 2.05) is 6.92 Å². The van der Waals surface area contributed by atoms with Crippen molar-refractivity contribution >= 4 is 11.8 Å². The summed E-state index contributed by atoms with van der Waals surface area (Å²) in [5.41, 5.74) is 4.32. The fraction of sp³-hybridized carbons (Fsp3) is 0.444. The lowest BCUT2D eigenvalue weighted by atomic mass is 10.4. The molecule has 0 aliphatic heterocycles. The van der Waals surface area contributed by atoms with Crippen molar-refractivity contribution in [1.29, 1.82) is 0 Å². The summed E-state index contributed by atoms with van der Waals surface area (Å²) < 4.78 is 0. The van der Waals surface area contributed by atoms with Gasteiger partial charge >= 0.3 is 0 Å². The largest absolute Gasteiger partial charge is 0.365 e. The standard InChI is InChI=1S/C9H16N6O2S/c1-7-8(13-6-12-7)5-18-3-2-11-9(14-10)4-15(16)17/h4,6,11,14H,2-3,5,10H2,1H3,(H,12,13). The lowest BCUT2D eigenvalue weighted by Crippen LogP contribution is -2.33. The van der Waals surface area contributed by atoms with Crippen LogP contribution in [0, 0.1) is 17.0 Å².